The second-order valence-electron chi connectivity index (χ2n) is 6.57. The highest BCUT2D eigenvalue weighted by atomic mass is 35.5. The van der Waals surface area contributed by atoms with E-state index in [-0.39, 0.29) is 36.3 Å². The van der Waals surface area contributed by atoms with Gasteiger partial charge in [-0.05, 0) is 32.2 Å². The standard InChI is InChI=1S/C16H32N4O2.ClH/c1-5-17-13(4)10-18-15(21)14-7-6-8-20(11-14)16(22)19-9-12(2)3;/h12-14,17H,5-11H2,1-4H3,(H,18,21)(H,19,22);1H/t13-,14?;/m1./s1. The fourth-order valence-corrected chi connectivity index (χ4v) is 2.60. The van der Waals surface area contributed by atoms with Crippen molar-refractivity contribution in [3.8, 4) is 0 Å². The van der Waals surface area contributed by atoms with Crippen molar-refractivity contribution in [2.75, 3.05) is 32.7 Å². The number of likely N-dealkylation sites (tertiary alicyclic amines) is 1. The number of nitrogens with one attached hydrogen (secondary N) is 3. The van der Waals surface area contributed by atoms with Crippen LogP contribution in [-0.4, -0.2) is 55.6 Å². The Kier molecular flexibility index (Phi) is 11.0. The number of carbonyl (C=O) groups excluding carboxylic acids is 2. The average molecular weight is 349 g/mol. The Balaban J connectivity index is 0.00000484. The van der Waals surface area contributed by atoms with Crippen molar-refractivity contribution in [1.29, 1.82) is 0 Å². The monoisotopic (exact) mass is 348 g/mol. The molecule has 1 rings (SSSR count). The molecule has 0 radical (unpaired) electrons. The Morgan fingerprint density at radius 3 is 2.48 bits per heavy atom. The summed E-state index contributed by atoms with van der Waals surface area (Å²) in [6.45, 7) is 11.7. The highest BCUT2D eigenvalue weighted by Crippen LogP contribution is 2.16. The number of likely N-dealkylation sites (N-methyl/N-ethyl adjacent to an activating group) is 1. The van der Waals surface area contributed by atoms with Gasteiger partial charge in [-0.1, -0.05) is 20.8 Å². The lowest BCUT2D eigenvalue weighted by molar-refractivity contribution is -0.126. The molecule has 0 spiro atoms. The first-order chi connectivity index (χ1) is 10.4. The Bertz CT molecular complexity index is 366. The summed E-state index contributed by atoms with van der Waals surface area (Å²) >= 11 is 0. The molecule has 136 valence electrons. The molecule has 1 fully saturated rings. The maximum atomic E-state index is 12.2. The molecule has 0 saturated carbocycles. The van der Waals surface area contributed by atoms with E-state index in [0.717, 1.165) is 25.9 Å². The number of rotatable bonds is 7. The first-order valence-corrected chi connectivity index (χ1v) is 8.47. The summed E-state index contributed by atoms with van der Waals surface area (Å²) in [4.78, 5) is 26.1. The minimum atomic E-state index is -0.0904. The van der Waals surface area contributed by atoms with E-state index >= 15 is 0 Å². The van der Waals surface area contributed by atoms with Gasteiger partial charge in [0, 0.05) is 32.2 Å². The van der Waals surface area contributed by atoms with Crippen molar-refractivity contribution in [3.63, 3.8) is 0 Å². The molecule has 1 saturated heterocycles. The predicted octanol–water partition coefficient (Wildman–Crippen LogP) is 1.60. The third kappa shape index (κ3) is 8.42. The Morgan fingerprint density at radius 1 is 1.17 bits per heavy atom. The molecular formula is C16H33ClN4O2. The van der Waals surface area contributed by atoms with Crippen molar-refractivity contribution in [3.05, 3.63) is 0 Å². The molecule has 3 N–H and O–H groups in total. The Hall–Kier alpha value is -1.01. The number of piperidine rings is 1. The maximum Gasteiger partial charge on any atom is 0.317 e. The summed E-state index contributed by atoms with van der Waals surface area (Å²) in [7, 11) is 0. The van der Waals surface area contributed by atoms with Crippen LogP contribution in [-0.2, 0) is 4.79 Å². The van der Waals surface area contributed by atoms with Gasteiger partial charge in [0.2, 0.25) is 5.91 Å². The molecule has 23 heavy (non-hydrogen) atoms. The van der Waals surface area contributed by atoms with E-state index in [1.807, 2.05) is 6.92 Å². The quantitative estimate of drug-likeness (QED) is 0.654. The van der Waals surface area contributed by atoms with Crippen LogP contribution in [0.2, 0.25) is 0 Å². The van der Waals surface area contributed by atoms with E-state index in [0.29, 0.717) is 25.6 Å². The zero-order chi connectivity index (χ0) is 16.5. The van der Waals surface area contributed by atoms with Gasteiger partial charge in [-0.15, -0.1) is 12.4 Å². The van der Waals surface area contributed by atoms with E-state index in [9.17, 15) is 9.59 Å². The lowest BCUT2D eigenvalue weighted by Gasteiger charge is -2.32. The molecule has 0 aromatic rings. The van der Waals surface area contributed by atoms with Crippen LogP contribution in [0.25, 0.3) is 0 Å². The molecule has 3 amide bonds. The summed E-state index contributed by atoms with van der Waals surface area (Å²) in [5.74, 6) is 0.402. The van der Waals surface area contributed by atoms with E-state index < -0.39 is 0 Å². The van der Waals surface area contributed by atoms with Gasteiger partial charge in [0.05, 0.1) is 5.92 Å². The van der Waals surface area contributed by atoms with Gasteiger partial charge in [-0.25, -0.2) is 4.79 Å². The van der Waals surface area contributed by atoms with Gasteiger partial charge in [0.15, 0.2) is 0 Å². The average Bonchev–Trinajstić information content (AvgIpc) is 2.50. The van der Waals surface area contributed by atoms with Gasteiger partial charge in [0.1, 0.15) is 0 Å². The van der Waals surface area contributed by atoms with E-state index in [4.69, 9.17) is 0 Å². The lowest BCUT2D eigenvalue weighted by atomic mass is 9.97. The van der Waals surface area contributed by atoms with Crippen molar-refractivity contribution < 1.29 is 9.59 Å². The molecule has 1 unspecified atom stereocenters. The zero-order valence-corrected chi connectivity index (χ0v) is 15.7. The summed E-state index contributed by atoms with van der Waals surface area (Å²) in [5.41, 5.74) is 0. The van der Waals surface area contributed by atoms with E-state index in [2.05, 4.69) is 36.7 Å². The topological polar surface area (TPSA) is 73.5 Å². The number of halogens is 1. The van der Waals surface area contributed by atoms with Crippen molar-refractivity contribution >= 4 is 24.3 Å². The van der Waals surface area contributed by atoms with Crippen LogP contribution in [0.4, 0.5) is 4.79 Å². The molecule has 0 aromatic carbocycles. The smallest absolute Gasteiger partial charge is 0.317 e. The Labute approximate surface area is 146 Å². The van der Waals surface area contributed by atoms with E-state index in [1.165, 1.54) is 0 Å². The molecule has 0 aliphatic carbocycles. The molecule has 1 aliphatic rings. The van der Waals surface area contributed by atoms with E-state index in [1.54, 1.807) is 4.90 Å². The van der Waals surface area contributed by atoms with Crippen molar-refractivity contribution in [2.45, 2.75) is 46.6 Å². The number of nitrogens with zero attached hydrogens (tertiary/aromatic N) is 1. The maximum absolute atomic E-state index is 12.2. The third-order valence-corrected chi connectivity index (χ3v) is 3.88. The molecule has 1 heterocycles. The second kappa shape index (κ2) is 11.5. The molecule has 7 heteroatoms. The molecule has 0 aromatic heterocycles. The molecule has 1 aliphatic heterocycles. The van der Waals surface area contributed by atoms with Crippen molar-refractivity contribution in [1.82, 2.24) is 20.9 Å². The van der Waals surface area contributed by atoms with Crippen LogP contribution in [0.1, 0.15) is 40.5 Å². The molecular weight excluding hydrogens is 316 g/mol. The molecule has 0 bridgehead atoms. The fourth-order valence-electron chi connectivity index (χ4n) is 2.60. The number of urea groups is 1. The molecule has 2 atom stereocenters. The first-order valence-electron chi connectivity index (χ1n) is 8.47. The van der Waals surface area contributed by atoms with Gasteiger partial charge in [0.25, 0.3) is 0 Å². The van der Waals surface area contributed by atoms with Gasteiger partial charge in [-0.3, -0.25) is 4.79 Å². The number of carbonyl (C=O) groups is 2. The third-order valence-electron chi connectivity index (χ3n) is 3.88. The number of amides is 3. The minimum Gasteiger partial charge on any atom is -0.354 e. The van der Waals surface area contributed by atoms with Crippen LogP contribution >= 0.6 is 12.4 Å². The van der Waals surface area contributed by atoms with Crippen LogP contribution in [0, 0.1) is 11.8 Å². The van der Waals surface area contributed by atoms with Gasteiger partial charge >= 0.3 is 6.03 Å². The van der Waals surface area contributed by atoms with Crippen molar-refractivity contribution in [2.24, 2.45) is 11.8 Å². The largest absolute Gasteiger partial charge is 0.354 e. The highest BCUT2D eigenvalue weighted by Gasteiger charge is 2.28. The van der Waals surface area contributed by atoms with Crippen LogP contribution in [0.5, 0.6) is 0 Å². The lowest BCUT2D eigenvalue weighted by Crippen LogP contribution is -2.50. The predicted molar refractivity (Wildman–Crippen MR) is 95.9 cm³/mol. The van der Waals surface area contributed by atoms with Gasteiger partial charge < -0.3 is 20.9 Å². The van der Waals surface area contributed by atoms with Gasteiger partial charge in [-0.2, -0.15) is 0 Å². The zero-order valence-electron chi connectivity index (χ0n) is 14.9. The summed E-state index contributed by atoms with van der Waals surface area (Å²) < 4.78 is 0. The van der Waals surface area contributed by atoms with Crippen LogP contribution < -0.4 is 16.0 Å². The second-order valence-corrected chi connectivity index (χ2v) is 6.57. The fraction of sp³-hybridized carbons (Fsp3) is 0.875. The Morgan fingerprint density at radius 2 is 1.87 bits per heavy atom. The summed E-state index contributed by atoms with van der Waals surface area (Å²) in [5, 5.41) is 9.18. The number of hydrogen-bond acceptors (Lipinski definition) is 3. The SMILES string of the molecule is CCN[C@H](C)CNC(=O)C1CCCN(C(=O)NCC(C)C)C1.Cl. The number of hydrogen-bond donors (Lipinski definition) is 3. The molecule has 6 nitrogen and oxygen atoms in total. The van der Waals surface area contributed by atoms with Crippen LogP contribution in [0.15, 0.2) is 0 Å². The normalized spacial score (nSPS) is 19.0. The first kappa shape index (κ1) is 22.0. The minimum absolute atomic E-state index is 0. The highest BCUT2D eigenvalue weighted by molar-refractivity contribution is 5.85. The summed E-state index contributed by atoms with van der Waals surface area (Å²) in [6.07, 6.45) is 1.74. The summed E-state index contributed by atoms with van der Waals surface area (Å²) in [6, 6.07) is 0.218. The van der Waals surface area contributed by atoms with Crippen LogP contribution in [0.3, 0.4) is 0 Å².